The van der Waals surface area contributed by atoms with Gasteiger partial charge in [-0.05, 0) is 49.7 Å². The summed E-state index contributed by atoms with van der Waals surface area (Å²) < 4.78 is 0.905. The van der Waals surface area contributed by atoms with E-state index in [1.165, 1.54) is 0 Å². The molecule has 120 valence electrons. The van der Waals surface area contributed by atoms with Crippen LogP contribution in [0, 0.1) is 0 Å². The Hall–Kier alpha value is -2.14. The van der Waals surface area contributed by atoms with Gasteiger partial charge in [0.15, 0.2) is 0 Å². The Bertz CT molecular complexity index is 698. The van der Waals surface area contributed by atoms with E-state index >= 15 is 0 Å². The van der Waals surface area contributed by atoms with Crippen molar-refractivity contribution < 1.29 is 9.59 Å². The van der Waals surface area contributed by atoms with E-state index in [0.717, 1.165) is 10.9 Å². The largest absolute Gasteiger partial charge is 0.350 e. The molecule has 23 heavy (non-hydrogen) atoms. The Balaban J connectivity index is 2.18. The maximum atomic E-state index is 12.3. The summed E-state index contributed by atoms with van der Waals surface area (Å²) in [5.41, 5.74) is 1.49. The highest BCUT2D eigenvalue weighted by molar-refractivity contribution is 9.10. The van der Waals surface area contributed by atoms with Crippen molar-refractivity contribution in [3.05, 3.63) is 64.1 Å². The second kappa shape index (κ2) is 7.92. The molecule has 2 N–H and O–H groups in total. The SMILES string of the molecule is CC[C@@H](C)NC(=O)c1ccccc1NC(=O)c1ccc(Br)cc1. The zero-order valence-electron chi connectivity index (χ0n) is 13.1. The monoisotopic (exact) mass is 374 g/mol. The number of benzene rings is 2. The molecule has 0 bridgehead atoms. The fourth-order valence-corrected chi connectivity index (χ4v) is 2.25. The van der Waals surface area contributed by atoms with E-state index in [1.54, 1.807) is 48.5 Å². The van der Waals surface area contributed by atoms with Gasteiger partial charge in [0.05, 0.1) is 11.3 Å². The molecule has 2 rings (SSSR count). The number of amides is 2. The second-order valence-corrected chi connectivity index (χ2v) is 6.21. The Morgan fingerprint density at radius 1 is 1.04 bits per heavy atom. The molecule has 0 heterocycles. The quantitative estimate of drug-likeness (QED) is 0.822. The summed E-state index contributed by atoms with van der Waals surface area (Å²) in [4.78, 5) is 24.6. The van der Waals surface area contributed by atoms with Crippen LogP contribution in [0.4, 0.5) is 5.69 Å². The third-order valence-electron chi connectivity index (χ3n) is 3.52. The minimum absolute atomic E-state index is 0.0812. The fourth-order valence-electron chi connectivity index (χ4n) is 1.99. The Kier molecular flexibility index (Phi) is 5.93. The van der Waals surface area contributed by atoms with Crippen LogP contribution in [0.3, 0.4) is 0 Å². The number of carbonyl (C=O) groups excluding carboxylic acids is 2. The van der Waals surface area contributed by atoms with Crippen molar-refractivity contribution in [3.63, 3.8) is 0 Å². The second-order valence-electron chi connectivity index (χ2n) is 5.29. The first-order chi connectivity index (χ1) is 11.0. The van der Waals surface area contributed by atoms with Crippen LogP contribution in [0.1, 0.15) is 41.0 Å². The lowest BCUT2D eigenvalue weighted by molar-refractivity contribution is 0.0940. The number of hydrogen-bond donors (Lipinski definition) is 2. The van der Waals surface area contributed by atoms with Gasteiger partial charge in [-0.3, -0.25) is 9.59 Å². The first-order valence-electron chi connectivity index (χ1n) is 7.48. The summed E-state index contributed by atoms with van der Waals surface area (Å²) in [7, 11) is 0. The summed E-state index contributed by atoms with van der Waals surface area (Å²) in [6.07, 6.45) is 0.846. The topological polar surface area (TPSA) is 58.2 Å². The molecule has 2 aromatic carbocycles. The number of hydrogen-bond acceptors (Lipinski definition) is 2. The summed E-state index contributed by atoms with van der Waals surface area (Å²) >= 11 is 3.34. The van der Waals surface area contributed by atoms with Gasteiger partial charge in [0, 0.05) is 16.1 Å². The lowest BCUT2D eigenvalue weighted by Crippen LogP contribution is -2.32. The molecule has 0 aliphatic rings. The molecule has 0 unspecified atom stereocenters. The molecule has 1 atom stereocenters. The van der Waals surface area contributed by atoms with Crippen LogP contribution < -0.4 is 10.6 Å². The highest BCUT2D eigenvalue weighted by Crippen LogP contribution is 2.17. The fraction of sp³-hybridized carbons (Fsp3) is 0.222. The van der Waals surface area contributed by atoms with Gasteiger partial charge >= 0.3 is 0 Å². The standard InChI is InChI=1S/C18H19BrN2O2/c1-3-12(2)20-18(23)15-6-4-5-7-16(15)21-17(22)13-8-10-14(19)11-9-13/h4-12H,3H2,1-2H3,(H,20,23)(H,21,22)/t12-/m1/s1. The first kappa shape index (κ1) is 17.2. The van der Waals surface area contributed by atoms with E-state index in [-0.39, 0.29) is 17.9 Å². The summed E-state index contributed by atoms with van der Waals surface area (Å²) in [5.74, 6) is -0.438. The van der Waals surface area contributed by atoms with Crippen LogP contribution in [0.15, 0.2) is 53.0 Å². The molecule has 0 radical (unpaired) electrons. The maximum Gasteiger partial charge on any atom is 0.255 e. The Morgan fingerprint density at radius 2 is 1.70 bits per heavy atom. The van der Waals surface area contributed by atoms with Gasteiger partial charge in [-0.15, -0.1) is 0 Å². The molecule has 0 spiro atoms. The van der Waals surface area contributed by atoms with E-state index in [1.807, 2.05) is 13.8 Å². The van der Waals surface area contributed by atoms with Gasteiger partial charge in [0.2, 0.25) is 0 Å². The third-order valence-corrected chi connectivity index (χ3v) is 4.04. The summed E-state index contributed by atoms with van der Waals surface area (Å²) in [6.45, 7) is 3.95. The van der Waals surface area contributed by atoms with Crippen LogP contribution in [-0.4, -0.2) is 17.9 Å². The minimum Gasteiger partial charge on any atom is -0.350 e. The third kappa shape index (κ3) is 4.66. The van der Waals surface area contributed by atoms with Gasteiger partial charge < -0.3 is 10.6 Å². The van der Waals surface area contributed by atoms with Crippen LogP contribution in [-0.2, 0) is 0 Å². The summed E-state index contributed by atoms with van der Waals surface area (Å²) in [6, 6.07) is 14.1. The van der Waals surface area contributed by atoms with Crippen molar-refractivity contribution >= 4 is 33.4 Å². The lowest BCUT2D eigenvalue weighted by atomic mass is 10.1. The normalized spacial score (nSPS) is 11.6. The number of anilines is 1. The molecular formula is C18H19BrN2O2. The molecule has 2 aromatic rings. The molecule has 0 aromatic heterocycles. The van der Waals surface area contributed by atoms with Crippen molar-refractivity contribution in [1.82, 2.24) is 5.32 Å². The van der Waals surface area contributed by atoms with E-state index in [0.29, 0.717) is 16.8 Å². The van der Waals surface area contributed by atoms with Gasteiger partial charge in [0.25, 0.3) is 11.8 Å². The molecule has 2 amide bonds. The van der Waals surface area contributed by atoms with Gasteiger partial charge in [0.1, 0.15) is 0 Å². The van der Waals surface area contributed by atoms with Crippen molar-refractivity contribution in [3.8, 4) is 0 Å². The lowest BCUT2D eigenvalue weighted by Gasteiger charge is -2.14. The van der Waals surface area contributed by atoms with Crippen molar-refractivity contribution in [2.75, 3.05) is 5.32 Å². The number of rotatable bonds is 5. The molecule has 0 aliphatic heterocycles. The van der Waals surface area contributed by atoms with E-state index in [9.17, 15) is 9.59 Å². The predicted molar refractivity (Wildman–Crippen MR) is 95.8 cm³/mol. The molecule has 0 fully saturated rings. The molecule has 0 saturated heterocycles. The van der Waals surface area contributed by atoms with Gasteiger partial charge in [-0.2, -0.15) is 0 Å². The van der Waals surface area contributed by atoms with Gasteiger partial charge in [-0.25, -0.2) is 0 Å². The molecular weight excluding hydrogens is 356 g/mol. The Morgan fingerprint density at radius 3 is 2.35 bits per heavy atom. The highest BCUT2D eigenvalue weighted by atomic mass is 79.9. The predicted octanol–water partition coefficient (Wildman–Crippen LogP) is 4.23. The number of para-hydroxylation sites is 1. The molecule has 5 heteroatoms. The molecule has 0 aliphatic carbocycles. The molecule has 4 nitrogen and oxygen atoms in total. The van der Waals surface area contributed by atoms with E-state index in [2.05, 4.69) is 26.6 Å². The van der Waals surface area contributed by atoms with E-state index < -0.39 is 0 Å². The van der Waals surface area contributed by atoms with Crippen LogP contribution in [0.2, 0.25) is 0 Å². The zero-order chi connectivity index (χ0) is 16.8. The van der Waals surface area contributed by atoms with Crippen molar-refractivity contribution in [1.29, 1.82) is 0 Å². The first-order valence-corrected chi connectivity index (χ1v) is 8.27. The van der Waals surface area contributed by atoms with Crippen molar-refractivity contribution in [2.45, 2.75) is 26.3 Å². The van der Waals surface area contributed by atoms with Crippen LogP contribution in [0.25, 0.3) is 0 Å². The summed E-state index contributed by atoms with van der Waals surface area (Å²) in [5, 5.41) is 5.71. The Labute approximate surface area is 144 Å². The van der Waals surface area contributed by atoms with Crippen LogP contribution in [0.5, 0.6) is 0 Å². The average molecular weight is 375 g/mol. The average Bonchev–Trinajstić information content (AvgIpc) is 2.55. The highest BCUT2D eigenvalue weighted by Gasteiger charge is 2.15. The van der Waals surface area contributed by atoms with Gasteiger partial charge in [-0.1, -0.05) is 35.0 Å². The van der Waals surface area contributed by atoms with E-state index in [4.69, 9.17) is 0 Å². The zero-order valence-corrected chi connectivity index (χ0v) is 14.7. The minimum atomic E-state index is -0.249. The smallest absolute Gasteiger partial charge is 0.255 e. The van der Waals surface area contributed by atoms with Crippen LogP contribution >= 0.6 is 15.9 Å². The number of nitrogens with one attached hydrogen (secondary N) is 2. The maximum absolute atomic E-state index is 12.3. The number of halogens is 1. The van der Waals surface area contributed by atoms with Crippen molar-refractivity contribution in [2.24, 2.45) is 0 Å². The molecule has 0 saturated carbocycles. The number of carbonyl (C=O) groups is 2.